The zero-order valence-corrected chi connectivity index (χ0v) is 12.1. The molecule has 2 aromatic rings. The molecule has 1 nitrogen and oxygen atoms in total. The summed E-state index contributed by atoms with van der Waals surface area (Å²) < 4.78 is 13.3. The van der Waals surface area contributed by atoms with E-state index in [1.165, 1.54) is 11.6 Å². The largest absolute Gasteiger partial charge is 0.393 e. The Morgan fingerprint density at radius 1 is 1.10 bits per heavy atom. The van der Waals surface area contributed by atoms with Crippen molar-refractivity contribution in [3.63, 3.8) is 0 Å². The van der Waals surface area contributed by atoms with Crippen LogP contribution in [0.5, 0.6) is 0 Å². The maximum atomic E-state index is 13.3. The molecule has 2 aromatic carbocycles. The molecule has 0 amide bonds. The lowest BCUT2D eigenvalue weighted by molar-refractivity contribution is 0.157. The topological polar surface area (TPSA) is 20.2 Å². The van der Waals surface area contributed by atoms with Crippen molar-refractivity contribution >= 4 is 11.6 Å². The molecule has 0 spiro atoms. The summed E-state index contributed by atoms with van der Waals surface area (Å²) in [5.74, 6) is -0.189. The fourth-order valence-electron chi connectivity index (χ4n) is 2.37. The fraction of sp³-hybridized carbons (Fsp3) is 0.294. The van der Waals surface area contributed by atoms with Gasteiger partial charge in [-0.2, -0.15) is 0 Å². The highest BCUT2D eigenvalue weighted by atomic mass is 35.5. The van der Waals surface area contributed by atoms with E-state index in [0.29, 0.717) is 18.4 Å². The van der Waals surface area contributed by atoms with E-state index in [0.717, 1.165) is 0 Å². The van der Waals surface area contributed by atoms with Crippen LogP contribution in [-0.2, 0) is 6.42 Å². The number of benzene rings is 2. The van der Waals surface area contributed by atoms with Crippen LogP contribution in [0.15, 0.2) is 48.5 Å². The van der Waals surface area contributed by atoms with E-state index in [-0.39, 0.29) is 10.9 Å². The number of hydrogen-bond donors (Lipinski definition) is 1. The van der Waals surface area contributed by atoms with E-state index in [2.05, 4.69) is 6.92 Å². The molecule has 0 radical (unpaired) electrons. The van der Waals surface area contributed by atoms with Gasteiger partial charge in [-0.3, -0.25) is 0 Å². The zero-order chi connectivity index (χ0) is 14.5. The summed E-state index contributed by atoms with van der Waals surface area (Å²) >= 11 is 5.90. The number of hydrogen-bond acceptors (Lipinski definition) is 1. The first kappa shape index (κ1) is 15.0. The van der Waals surface area contributed by atoms with Gasteiger partial charge in [-0.1, -0.05) is 61.0 Å². The summed E-state index contributed by atoms with van der Waals surface area (Å²) in [4.78, 5) is 0. The first-order chi connectivity index (χ1) is 9.58. The third kappa shape index (κ3) is 3.81. The first-order valence-electron chi connectivity index (χ1n) is 6.74. The molecule has 0 bridgehead atoms. The van der Waals surface area contributed by atoms with E-state index in [1.54, 1.807) is 12.1 Å². The van der Waals surface area contributed by atoms with E-state index in [9.17, 15) is 9.50 Å². The monoisotopic (exact) mass is 292 g/mol. The van der Waals surface area contributed by atoms with Crippen molar-refractivity contribution in [1.82, 2.24) is 0 Å². The van der Waals surface area contributed by atoms with Gasteiger partial charge in [0.2, 0.25) is 0 Å². The fourth-order valence-corrected chi connectivity index (χ4v) is 2.57. The van der Waals surface area contributed by atoms with Crippen LogP contribution >= 0.6 is 11.6 Å². The zero-order valence-electron chi connectivity index (χ0n) is 11.4. The van der Waals surface area contributed by atoms with Crippen molar-refractivity contribution in [3.8, 4) is 0 Å². The summed E-state index contributed by atoms with van der Waals surface area (Å²) in [5.41, 5.74) is 1.84. The molecule has 2 unspecified atom stereocenters. The summed E-state index contributed by atoms with van der Waals surface area (Å²) in [6.45, 7) is 2.08. The van der Waals surface area contributed by atoms with Crippen LogP contribution in [0.25, 0.3) is 0 Å². The van der Waals surface area contributed by atoms with E-state index in [4.69, 9.17) is 11.6 Å². The summed E-state index contributed by atoms with van der Waals surface area (Å²) in [7, 11) is 0. The van der Waals surface area contributed by atoms with Gasteiger partial charge < -0.3 is 5.11 Å². The minimum absolute atomic E-state index is 0.110. The highest BCUT2D eigenvalue weighted by Crippen LogP contribution is 2.25. The van der Waals surface area contributed by atoms with E-state index in [1.807, 2.05) is 30.3 Å². The predicted octanol–water partition coefficient (Wildman–Crippen LogP) is 4.58. The summed E-state index contributed by atoms with van der Waals surface area (Å²) in [6.07, 6.45) is 0.453. The molecule has 20 heavy (non-hydrogen) atoms. The molecule has 0 aliphatic rings. The van der Waals surface area contributed by atoms with Crippen LogP contribution in [0.4, 0.5) is 4.39 Å². The smallest absolute Gasteiger partial charge is 0.142 e. The Labute approximate surface area is 124 Å². The average Bonchev–Trinajstić information content (AvgIpc) is 2.45. The Bertz CT molecular complexity index is 556. The molecule has 1 N–H and O–H groups in total. The predicted molar refractivity (Wildman–Crippen MR) is 80.6 cm³/mol. The van der Waals surface area contributed by atoms with Gasteiger partial charge in [0.1, 0.15) is 5.82 Å². The molecule has 3 heteroatoms. The number of rotatable bonds is 5. The Morgan fingerprint density at radius 3 is 2.50 bits per heavy atom. The van der Waals surface area contributed by atoms with Crippen molar-refractivity contribution in [2.75, 3.05) is 0 Å². The maximum absolute atomic E-state index is 13.3. The SMILES string of the molecule is CC(CC(O)Cc1cccc(F)c1Cl)c1ccccc1. The van der Waals surface area contributed by atoms with Crippen LogP contribution in [0, 0.1) is 5.82 Å². The minimum Gasteiger partial charge on any atom is -0.393 e. The van der Waals surface area contributed by atoms with Crippen molar-refractivity contribution in [2.45, 2.75) is 31.8 Å². The van der Waals surface area contributed by atoms with Gasteiger partial charge in [-0.05, 0) is 36.0 Å². The Morgan fingerprint density at radius 2 is 1.80 bits per heavy atom. The lowest BCUT2D eigenvalue weighted by Crippen LogP contribution is -2.14. The molecule has 0 saturated heterocycles. The molecule has 0 saturated carbocycles. The second-order valence-corrected chi connectivity index (χ2v) is 5.50. The van der Waals surface area contributed by atoms with Gasteiger partial charge in [-0.15, -0.1) is 0 Å². The molecule has 2 rings (SSSR count). The van der Waals surface area contributed by atoms with Crippen molar-refractivity contribution in [1.29, 1.82) is 0 Å². The van der Waals surface area contributed by atoms with Gasteiger partial charge in [0.05, 0.1) is 11.1 Å². The normalized spacial score (nSPS) is 14.0. The van der Waals surface area contributed by atoms with Crippen molar-refractivity contribution < 1.29 is 9.50 Å². The molecular weight excluding hydrogens is 275 g/mol. The van der Waals surface area contributed by atoms with Crippen molar-refractivity contribution in [3.05, 3.63) is 70.5 Å². The highest BCUT2D eigenvalue weighted by molar-refractivity contribution is 6.31. The Hall–Kier alpha value is -1.38. The molecule has 0 aliphatic carbocycles. The molecular formula is C17H18ClFO. The highest BCUT2D eigenvalue weighted by Gasteiger charge is 2.15. The number of aliphatic hydroxyl groups is 1. The van der Waals surface area contributed by atoms with Crippen LogP contribution in [0.2, 0.25) is 5.02 Å². The molecule has 0 aromatic heterocycles. The molecule has 2 atom stereocenters. The second-order valence-electron chi connectivity index (χ2n) is 5.12. The maximum Gasteiger partial charge on any atom is 0.142 e. The standard InChI is InChI=1S/C17H18ClFO/c1-12(13-6-3-2-4-7-13)10-15(20)11-14-8-5-9-16(19)17(14)18/h2-9,12,15,20H,10-11H2,1H3. The Kier molecular flexibility index (Phi) is 5.16. The van der Waals surface area contributed by atoms with Crippen LogP contribution in [0.3, 0.4) is 0 Å². The third-order valence-electron chi connectivity index (χ3n) is 3.48. The van der Waals surface area contributed by atoms with Gasteiger partial charge in [0, 0.05) is 0 Å². The third-order valence-corrected chi connectivity index (χ3v) is 3.90. The molecule has 0 aliphatic heterocycles. The van der Waals surface area contributed by atoms with Gasteiger partial charge in [-0.25, -0.2) is 4.39 Å². The van der Waals surface area contributed by atoms with E-state index >= 15 is 0 Å². The number of halogens is 2. The lowest BCUT2D eigenvalue weighted by Gasteiger charge is -2.17. The molecule has 0 fully saturated rings. The Balaban J connectivity index is 1.99. The molecule has 0 heterocycles. The summed E-state index contributed by atoms with van der Waals surface area (Å²) in [6, 6.07) is 14.7. The summed E-state index contributed by atoms with van der Waals surface area (Å²) in [5, 5.41) is 10.3. The van der Waals surface area contributed by atoms with Gasteiger partial charge in [0.15, 0.2) is 0 Å². The van der Waals surface area contributed by atoms with Gasteiger partial charge in [0.25, 0.3) is 0 Å². The van der Waals surface area contributed by atoms with Gasteiger partial charge >= 0.3 is 0 Å². The molecule has 106 valence electrons. The number of aliphatic hydroxyl groups excluding tert-OH is 1. The van der Waals surface area contributed by atoms with Crippen molar-refractivity contribution in [2.24, 2.45) is 0 Å². The second kappa shape index (κ2) is 6.87. The van der Waals surface area contributed by atoms with Crippen LogP contribution in [0.1, 0.15) is 30.4 Å². The average molecular weight is 293 g/mol. The van der Waals surface area contributed by atoms with Crippen LogP contribution < -0.4 is 0 Å². The first-order valence-corrected chi connectivity index (χ1v) is 7.11. The van der Waals surface area contributed by atoms with Crippen LogP contribution in [-0.4, -0.2) is 11.2 Å². The quantitative estimate of drug-likeness (QED) is 0.855. The van der Waals surface area contributed by atoms with E-state index < -0.39 is 11.9 Å². The lowest BCUT2D eigenvalue weighted by atomic mass is 9.92. The minimum atomic E-state index is -0.537.